The molecule has 1 fully saturated rings. The number of sulfonamides is 1. The predicted octanol–water partition coefficient (Wildman–Crippen LogP) is 3.28. The summed E-state index contributed by atoms with van der Waals surface area (Å²) in [6.45, 7) is 3.69. The number of furan rings is 1. The van der Waals surface area contributed by atoms with Gasteiger partial charge in [-0.3, -0.25) is 4.79 Å². The van der Waals surface area contributed by atoms with Crippen molar-refractivity contribution >= 4 is 50.3 Å². The third-order valence-electron chi connectivity index (χ3n) is 3.57. The number of unbranched alkanes of at least 4 members (excludes halogenated alkanes) is 2. The Hall–Kier alpha value is -1.16. The molecule has 1 amide bonds. The van der Waals surface area contributed by atoms with E-state index in [-0.39, 0.29) is 4.32 Å². The number of hydrogen-bond acceptors (Lipinski definition) is 6. The number of carbonyl (C=O) groups is 1. The fraction of sp³-hybridized carbons (Fsp3) is 0.467. The maximum absolute atomic E-state index is 12.4. The summed E-state index contributed by atoms with van der Waals surface area (Å²) in [5, 5.41) is 0.322. The van der Waals surface area contributed by atoms with Gasteiger partial charge in [-0.2, -0.15) is 0 Å². The summed E-state index contributed by atoms with van der Waals surface area (Å²) < 4.78 is 30.1. The van der Waals surface area contributed by atoms with Crippen LogP contribution in [0.25, 0.3) is 6.08 Å². The summed E-state index contributed by atoms with van der Waals surface area (Å²) in [7, 11) is -3.67. The van der Waals surface area contributed by atoms with Crippen molar-refractivity contribution in [2.75, 3.05) is 0 Å². The number of rotatable bonds is 8. The lowest BCUT2D eigenvalue weighted by Gasteiger charge is -2.19. The molecule has 1 N–H and O–H groups in total. The first kappa shape index (κ1) is 19.2. The molecular formula is C15H20N2O4S3. The van der Waals surface area contributed by atoms with Crippen LogP contribution < -0.4 is 4.83 Å². The largest absolute Gasteiger partial charge is 0.465 e. The highest BCUT2D eigenvalue weighted by Crippen LogP contribution is 2.32. The van der Waals surface area contributed by atoms with Crippen molar-refractivity contribution in [2.24, 2.45) is 0 Å². The van der Waals surface area contributed by atoms with Crippen LogP contribution in [0, 0.1) is 0 Å². The highest BCUT2D eigenvalue weighted by atomic mass is 32.2. The Morgan fingerprint density at radius 3 is 2.83 bits per heavy atom. The highest BCUT2D eigenvalue weighted by Gasteiger charge is 2.36. The second kappa shape index (κ2) is 8.28. The van der Waals surface area contributed by atoms with Crippen LogP contribution in [-0.2, 0) is 14.8 Å². The maximum Gasteiger partial charge on any atom is 0.281 e. The molecule has 0 radical (unpaired) electrons. The van der Waals surface area contributed by atoms with Crippen molar-refractivity contribution in [1.82, 2.24) is 9.84 Å². The molecule has 132 valence electrons. The minimum atomic E-state index is -3.67. The molecule has 2 heterocycles. The van der Waals surface area contributed by atoms with Crippen LogP contribution in [0.15, 0.2) is 27.7 Å². The number of nitrogens with zero attached hydrogens (tertiary/aromatic N) is 1. The van der Waals surface area contributed by atoms with Gasteiger partial charge >= 0.3 is 0 Å². The van der Waals surface area contributed by atoms with Crippen LogP contribution in [0.1, 0.15) is 45.3 Å². The molecule has 1 aromatic rings. The van der Waals surface area contributed by atoms with Crippen molar-refractivity contribution in [1.29, 1.82) is 0 Å². The van der Waals surface area contributed by atoms with Crippen LogP contribution >= 0.6 is 24.0 Å². The number of hydrazine groups is 1. The van der Waals surface area contributed by atoms with Gasteiger partial charge in [0.1, 0.15) is 5.76 Å². The fourth-order valence-corrected chi connectivity index (χ4v) is 4.46. The van der Waals surface area contributed by atoms with E-state index in [4.69, 9.17) is 16.6 Å². The van der Waals surface area contributed by atoms with Crippen LogP contribution in [0.2, 0.25) is 0 Å². The van der Waals surface area contributed by atoms with Gasteiger partial charge in [0.25, 0.3) is 5.91 Å². The van der Waals surface area contributed by atoms with Gasteiger partial charge in [0.05, 0.1) is 16.4 Å². The van der Waals surface area contributed by atoms with E-state index in [2.05, 4.69) is 11.8 Å². The molecule has 1 unspecified atom stereocenters. The van der Waals surface area contributed by atoms with Gasteiger partial charge in [0.2, 0.25) is 10.0 Å². The van der Waals surface area contributed by atoms with Gasteiger partial charge in [-0.15, -0.1) is 4.83 Å². The molecule has 0 bridgehead atoms. The SMILES string of the molecule is CCCCCC(C)S(=O)(=O)NN1C(=O)/C(=C/c2ccco2)SC1=S. The van der Waals surface area contributed by atoms with Crippen molar-refractivity contribution in [2.45, 2.75) is 44.8 Å². The first-order valence-corrected chi connectivity index (χ1v) is 10.4. The molecule has 1 saturated heterocycles. The number of thioether (sulfide) groups is 1. The molecule has 24 heavy (non-hydrogen) atoms. The molecular weight excluding hydrogens is 368 g/mol. The van der Waals surface area contributed by atoms with Crippen molar-refractivity contribution < 1.29 is 17.6 Å². The second-order valence-electron chi connectivity index (χ2n) is 5.48. The smallest absolute Gasteiger partial charge is 0.281 e. The van der Waals surface area contributed by atoms with E-state index in [1.54, 1.807) is 19.1 Å². The zero-order valence-electron chi connectivity index (χ0n) is 13.5. The van der Waals surface area contributed by atoms with Crippen molar-refractivity contribution in [3.63, 3.8) is 0 Å². The quantitative estimate of drug-likeness (QED) is 0.418. The molecule has 0 saturated carbocycles. The second-order valence-corrected chi connectivity index (χ2v) is 9.23. The van der Waals surface area contributed by atoms with E-state index >= 15 is 0 Å². The van der Waals surface area contributed by atoms with Gasteiger partial charge in [-0.25, -0.2) is 13.4 Å². The Balaban J connectivity index is 2.06. The lowest BCUT2D eigenvalue weighted by molar-refractivity contribution is -0.123. The normalized spacial score (nSPS) is 18.6. The van der Waals surface area contributed by atoms with E-state index in [0.717, 1.165) is 36.0 Å². The van der Waals surface area contributed by atoms with Gasteiger partial charge in [0, 0.05) is 6.08 Å². The molecule has 0 aliphatic carbocycles. The first-order valence-electron chi connectivity index (χ1n) is 7.68. The fourth-order valence-electron chi connectivity index (χ4n) is 2.10. The molecule has 9 heteroatoms. The summed E-state index contributed by atoms with van der Waals surface area (Å²) in [6.07, 6.45) is 6.40. The highest BCUT2D eigenvalue weighted by molar-refractivity contribution is 8.26. The lowest BCUT2D eigenvalue weighted by Crippen LogP contribution is -2.47. The number of thiocarbonyl (C=S) groups is 1. The lowest BCUT2D eigenvalue weighted by atomic mass is 10.2. The molecule has 1 aromatic heterocycles. The average molecular weight is 389 g/mol. The van der Waals surface area contributed by atoms with Gasteiger partial charge in [-0.05, 0) is 25.5 Å². The molecule has 1 aliphatic heterocycles. The standard InChI is InChI=1S/C15H20N2O4S3/c1-3-4-5-7-11(2)24(19,20)16-17-14(18)13(23-15(17)22)10-12-8-6-9-21-12/h6,8-11,16H,3-5,7H2,1-2H3/b13-10-. The van der Waals surface area contributed by atoms with Crippen LogP contribution in [0.5, 0.6) is 0 Å². The molecule has 2 rings (SSSR count). The van der Waals surface area contributed by atoms with E-state index in [9.17, 15) is 13.2 Å². The number of amides is 1. The van der Waals surface area contributed by atoms with Gasteiger partial charge in [0.15, 0.2) is 4.32 Å². The van der Waals surface area contributed by atoms with Gasteiger partial charge in [-0.1, -0.05) is 50.2 Å². The maximum atomic E-state index is 12.4. The third-order valence-corrected chi connectivity index (χ3v) is 6.61. The molecule has 1 aliphatic rings. The Labute approximate surface area is 151 Å². The van der Waals surface area contributed by atoms with Gasteiger partial charge < -0.3 is 4.42 Å². The third kappa shape index (κ3) is 4.69. The van der Waals surface area contributed by atoms with E-state index in [1.807, 2.05) is 0 Å². The Morgan fingerprint density at radius 1 is 1.46 bits per heavy atom. The van der Waals surface area contributed by atoms with Crippen LogP contribution in [-0.4, -0.2) is 28.9 Å². The summed E-state index contributed by atoms with van der Waals surface area (Å²) in [6, 6.07) is 3.40. The minimum absolute atomic E-state index is 0.155. The monoisotopic (exact) mass is 388 g/mol. The summed E-state index contributed by atoms with van der Waals surface area (Å²) in [5.41, 5.74) is 0. The van der Waals surface area contributed by atoms with Crippen LogP contribution in [0.4, 0.5) is 0 Å². The predicted molar refractivity (Wildman–Crippen MR) is 99.4 cm³/mol. The molecule has 0 spiro atoms. The van der Waals surface area contributed by atoms with Crippen LogP contribution in [0.3, 0.4) is 0 Å². The molecule has 0 aromatic carbocycles. The summed E-state index contributed by atoms with van der Waals surface area (Å²) in [4.78, 5) is 15.0. The van der Waals surface area contributed by atoms with Crippen molar-refractivity contribution in [3.05, 3.63) is 29.1 Å². The van der Waals surface area contributed by atoms with Crippen molar-refractivity contribution in [3.8, 4) is 0 Å². The minimum Gasteiger partial charge on any atom is -0.465 e. The zero-order valence-corrected chi connectivity index (χ0v) is 16.0. The van der Waals surface area contributed by atoms with E-state index in [0.29, 0.717) is 17.1 Å². The summed E-state index contributed by atoms with van der Waals surface area (Å²) in [5.74, 6) is 0.0111. The number of carbonyl (C=O) groups excluding carboxylic acids is 1. The Kier molecular flexibility index (Phi) is 6.62. The average Bonchev–Trinajstić information content (AvgIpc) is 3.12. The molecule has 6 nitrogen and oxygen atoms in total. The Morgan fingerprint density at radius 2 is 2.21 bits per heavy atom. The topological polar surface area (TPSA) is 79.6 Å². The van der Waals surface area contributed by atoms with E-state index in [1.165, 1.54) is 12.3 Å². The first-order chi connectivity index (χ1) is 11.3. The summed E-state index contributed by atoms with van der Waals surface area (Å²) >= 11 is 6.16. The number of hydrogen-bond donors (Lipinski definition) is 1. The molecule has 1 atom stereocenters. The number of nitrogens with one attached hydrogen (secondary N) is 1. The zero-order chi connectivity index (χ0) is 17.7. The van der Waals surface area contributed by atoms with E-state index < -0.39 is 21.2 Å². The Bertz CT molecular complexity index is 726.